The molecule has 0 unspecified atom stereocenters. The largest absolute Gasteiger partial charge is 0.424 e. The van der Waals surface area contributed by atoms with Gasteiger partial charge in [0.25, 0.3) is 0 Å². The highest BCUT2D eigenvalue weighted by Gasteiger charge is 2.25. The van der Waals surface area contributed by atoms with Crippen molar-refractivity contribution in [3.63, 3.8) is 0 Å². The Morgan fingerprint density at radius 1 is 1.30 bits per heavy atom. The molecule has 1 saturated carbocycles. The smallest absolute Gasteiger partial charge is 0.230 e. The first-order valence-electron chi connectivity index (χ1n) is 7.99. The van der Waals surface area contributed by atoms with Gasteiger partial charge in [0.2, 0.25) is 11.8 Å². The third-order valence-corrected chi connectivity index (χ3v) is 4.27. The molecule has 0 aromatic carbocycles. The summed E-state index contributed by atoms with van der Waals surface area (Å²) < 4.78 is 5.53. The zero-order valence-corrected chi connectivity index (χ0v) is 12.5. The molecule has 4 heteroatoms. The summed E-state index contributed by atoms with van der Waals surface area (Å²) in [7, 11) is 0. The van der Waals surface area contributed by atoms with Crippen molar-refractivity contribution in [2.24, 2.45) is 5.92 Å². The molecule has 20 heavy (non-hydrogen) atoms. The Balaban J connectivity index is 1.53. The number of hydrogen-bond acceptors (Lipinski definition) is 4. The Morgan fingerprint density at radius 3 is 2.85 bits per heavy atom. The van der Waals surface area contributed by atoms with Crippen LogP contribution >= 0.6 is 0 Å². The number of aryl methyl sites for hydroxylation is 1. The van der Waals surface area contributed by atoms with E-state index in [2.05, 4.69) is 21.2 Å². The van der Waals surface area contributed by atoms with Crippen LogP contribution in [-0.2, 0) is 6.54 Å². The first-order valence-corrected chi connectivity index (χ1v) is 7.99. The van der Waals surface area contributed by atoms with Crippen LogP contribution in [0.5, 0.6) is 0 Å². The molecular weight excluding hydrogens is 250 g/mol. The molecule has 0 saturated heterocycles. The molecule has 3 rings (SSSR count). The third kappa shape index (κ3) is 4.17. The van der Waals surface area contributed by atoms with E-state index in [1.807, 2.05) is 6.92 Å². The van der Waals surface area contributed by atoms with Crippen molar-refractivity contribution in [3.8, 4) is 0 Å². The lowest BCUT2D eigenvalue weighted by Crippen LogP contribution is -2.27. The second-order valence-corrected chi connectivity index (χ2v) is 6.25. The van der Waals surface area contributed by atoms with Crippen LogP contribution in [0.15, 0.2) is 16.1 Å². The van der Waals surface area contributed by atoms with Crippen molar-refractivity contribution in [1.29, 1.82) is 0 Å². The minimum Gasteiger partial charge on any atom is -0.424 e. The molecule has 0 amide bonds. The molecule has 0 bridgehead atoms. The molecule has 1 heterocycles. The predicted molar refractivity (Wildman–Crippen MR) is 78.2 cm³/mol. The zero-order chi connectivity index (χ0) is 13.8. The van der Waals surface area contributed by atoms with Crippen molar-refractivity contribution in [2.75, 3.05) is 13.1 Å². The van der Waals surface area contributed by atoms with Gasteiger partial charge in [-0.1, -0.05) is 11.6 Å². The Hall–Kier alpha value is -1.16. The average molecular weight is 275 g/mol. The topological polar surface area (TPSA) is 42.2 Å². The zero-order valence-electron chi connectivity index (χ0n) is 12.5. The molecule has 0 atom stereocenters. The van der Waals surface area contributed by atoms with Gasteiger partial charge >= 0.3 is 0 Å². The van der Waals surface area contributed by atoms with E-state index in [9.17, 15) is 0 Å². The summed E-state index contributed by atoms with van der Waals surface area (Å²) >= 11 is 0. The monoisotopic (exact) mass is 275 g/mol. The van der Waals surface area contributed by atoms with Crippen LogP contribution in [0, 0.1) is 12.8 Å². The van der Waals surface area contributed by atoms with Crippen molar-refractivity contribution >= 4 is 0 Å². The molecule has 0 aliphatic heterocycles. The lowest BCUT2D eigenvalue weighted by molar-refractivity contribution is 0.230. The molecule has 0 N–H and O–H groups in total. The van der Waals surface area contributed by atoms with Gasteiger partial charge in [-0.25, -0.2) is 0 Å². The van der Waals surface area contributed by atoms with Crippen LogP contribution in [0.1, 0.15) is 56.7 Å². The fourth-order valence-electron chi connectivity index (χ4n) is 2.93. The Labute approximate surface area is 121 Å². The molecule has 2 aliphatic carbocycles. The highest BCUT2D eigenvalue weighted by atomic mass is 16.4. The lowest BCUT2D eigenvalue weighted by Gasteiger charge is -2.22. The number of allylic oxidation sites excluding steroid dienone is 1. The third-order valence-electron chi connectivity index (χ3n) is 4.27. The minimum atomic E-state index is 0.668. The molecular formula is C16H25N3O. The summed E-state index contributed by atoms with van der Waals surface area (Å²) in [5.41, 5.74) is 1.65. The first-order chi connectivity index (χ1) is 9.79. The van der Waals surface area contributed by atoms with Crippen LogP contribution in [0.25, 0.3) is 0 Å². The van der Waals surface area contributed by atoms with Crippen LogP contribution in [0.3, 0.4) is 0 Å². The number of rotatable bonds is 7. The van der Waals surface area contributed by atoms with Gasteiger partial charge in [-0.15, -0.1) is 10.2 Å². The highest BCUT2D eigenvalue weighted by Crippen LogP contribution is 2.30. The van der Waals surface area contributed by atoms with Crippen LogP contribution in [0.4, 0.5) is 0 Å². The number of nitrogens with zero attached hydrogens (tertiary/aromatic N) is 3. The van der Waals surface area contributed by atoms with Gasteiger partial charge < -0.3 is 4.42 Å². The maximum Gasteiger partial charge on any atom is 0.230 e. The van der Waals surface area contributed by atoms with Gasteiger partial charge in [0.1, 0.15) is 0 Å². The van der Waals surface area contributed by atoms with Gasteiger partial charge in [0.15, 0.2) is 0 Å². The SMILES string of the molecule is Cc1nnc(CN(CCC2=CCCCC2)CC2CC2)o1. The number of aromatic nitrogens is 2. The Morgan fingerprint density at radius 2 is 2.20 bits per heavy atom. The van der Waals surface area contributed by atoms with E-state index in [0.29, 0.717) is 5.89 Å². The van der Waals surface area contributed by atoms with Crippen LogP contribution in [0.2, 0.25) is 0 Å². The molecule has 0 radical (unpaired) electrons. The summed E-state index contributed by atoms with van der Waals surface area (Å²) in [6.45, 7) is 4.98. The van der Waals surface area contributed by atoms with Gasteiger partial charge in [0.05, 0.1) is 6.54 Å². The van der Waals surface area contributed by atoms with E-state index < -0.39 is 0 Å². The van der Waals surface area contributed by atoms with Gasteiger partial charge in [-0.2, -0.15) is 0 Å². The summed E-state index contributed by atoms with van der Waals surface area (Å²) in [5.74, 6) is 2.33. The van der Waals surface area contributed by atoms with E-state index in [-0.39, 0.29) is 0 Å². The summed E-state index contributed by atoms with van der Waals surface area (Å²) in [4.78, 5) is 2.50. The van der Waals surface area contributed by atoms with E-state index in [1.165, 1.54) is 51.5 Å². The number of hydrogen-bond donors (Lipinski definition) is 0. The fraction of sp³-hybridized carbons (Fsp3) is 0.750. The normalized spacial score (nSPS) is 19.4. The van der Waals surface area contributed by atoms with Gasteiger partial charge in [0, 0.05) is 20.0 Å². The second kappa shape index (κ2) is 6.53. The average Bonchev–Trinajstić information content (AvgIpc) is 3.18. The second-order valence-electron chi connectivity index (χ2n) is 6.25. The lowest BCUT2D eigenvalue weighted by atomic mass is 9.97. The minimum absolute atomic E-state index is 0.668. The molecule has 4 nitrogen and oxygen atoms in total. The summed E-state index contributed by atoms with van der Waals surface area (Å²) in [6.07, 6.45) is 11.8. The molecule has 1 aromatic rings. The molecule has 110 valence electrons. The van der Waals surface area contributed by atoms with E-state index in [4.69, 9.17) is 4.42 Å². The van der Waals surface area contributed by atoms with E-state index in [1.54, 1.807) is 5.57 Å². The summed E-state index contributed by atoms with van der Waals surface area (Å²) in [6, 6.07) is 0. The van der Waals surface area contributed by atoms with Crippen LogP contribution in [-0.4, -0.2) is 28.2 Å². The van der Waals surface area contributed by atoms with Crippen LogP contribution < -0.4 is 0 Å². The predicted octanol–water partition coefficient (Wildman–Crippen LogP) is 3.48. The Bertz CT molecular complexity index is 462. The van der Waals surface area contributed by atoms with E-state index in [0.717, 1.165) is 24.9 Å². The molecule has 0 spiro atoms. The quantitative estimate of drug-likeness (QED) is 0.714. The first kappa shape index (κ1) is 13.8. The fourth-order valence-corrected chi connectivity index (χ4v) is 2.93. The molecule has 1 fully saturated rings. The molecule has 1 aromatic heterocycles. The maximum atomic E-state index is 5.53. The van der Waals surface area contributed by atoms with Crippen molar-refractivity contribution < 1.29 is 4.42 Å². The van der Waals surface area contributed by atoms with Crippen molar-refractivity contribution in [3.05, 3.63) is 23.4 Å². The van der Waals surface area contributed by atoms with Crippen molar-refractivity contribution in [2.45, 2.75) is 58.4 Å². The van der Waals surface area contributed by atoms with Gasteiger partial charge in [-0.3, -0.25) is 4.90 Å². The van der Waals surface area contributed by atoms with E-state index >= 15 is 0 Å². The standard InChI is InChI=1S/C16H25N3O/c1-13-17-18-16(20-13)12-19(11-15-7-8-15)10-9-14-5-3-2-4-6-14/h5,15H,2-4,6-12H2,1H3. The summed E-state index contributed by atoms with van der Waals surface area (Å²) in [5, 5.41) is 8.06. The van der Waals surface area contributed by atoms with Crippen molar-refractivity contribution in [1.82, 2.24) is 15.1 Å². The maximum absolute atomic E-state index is 5.53. The highest BCUT2D eigenvalue weighted by molar-refractivity contribution is 5.05. The Kier molecular flexibility index (Phi) is 4.51. The van der Waals surface area contributed by atoms with Gasteiger partial charge in [-0.05, 0) is 50.9 Å². The molecule has 2 aliphatic rings.